The van der Waals surface area contributed by atoms with Crippen LogP contribution in [0.1, 0.15) is 28.3 Å². The number of nitrogens with one attached hydrogen (secondary N) is 1. The summed E-state index contributed by atoms with van der Waals surface area (Å²) in [5.41, 5.74) is 7.95. The molecule has 1 aromatic carbocycles. The average Bonchev–Trinajstić information content (AvgIpc) is 2.41. The van der Waals surface area contributed by atoms with Gasteiger partial charge in [-0.3, -0.25) is 16.3 Å². The van der Waals surface area contributed by atoms with Crippen LogP contribution in [-0.2, 0) is 6.42 Å². The Morgan fingerprint density at radius 2 is 1.89 bits per heavy atom. The lowest BCUT2D eigenvalue weighted by Gasteiger charge is -2.17. The largest absolute Gasteiger partial charge is 0.271 e. The van der Waals surface area contributed by atoms with Crippen molar-refractivity contribution in [3.8, 4) is 0 Å². The number of benzene rings is 1. The second kappa shape index (κ2) is 5.76. The number of hydrogen-bond donors (Lipinski definition) is 2. The number of rotatable bonds is 4. The third-order valence-corrected chi connectivity index (χ3v) is 3.24. The van der Waals surface area contributed by atoms with Crippen molar-refractivity contribution in [2.75, 3.05) is 0 Å². The SMILES string of the molecule is Cc1ccc(C)c(CC(NN)c2ccncc2)c1. The van der Waals surface area contributed by atoms with Crippen molar-refractivity contribution >= 4 is 0 Å². The van der Waals surface area contributed by atoms with Gasteiger partial charge in [0.05, 0.1) is 6.04 Å². The van der Waals surface area contributed by atoms with E-state index in [-0.39, 0.29) is 6.04 Å². The average molecular weight is 241 g/mol. The maximum atomic E-state index is 5.67. The quantitative estimate of drug-likeness (QED) is 0.638. The lowest BCUT2D eigenvalue weighted by atomic mass is 9.96. The number of aromatic nitrogens is 1. The van der Waals surface area contributed by atoms with Crippen LogP contribution in [0.25, 0.3) is 0 Å². The summed E-state index contributed by atoms with van der Waals surface area (Å²) in [5, 5.41) is 0. The minimum Gasteiger partial charge on any atom is -0.271 e. The van der Waals surface area contributed by atoms with Crippen LogP contribution in [0.4, 0.5) is 0 Å². The van der Waals surface area contributed by atoms with E-state index in [0.29, 0.717) is 0 Å². The van der Waals surface area contributed by atoms with E-state index in [4.69, 9.17) is 5.84 Å². The predicted octanol–water partition coefficient (Wildman–Crippen LogP) is 2.45. The molecule has 3 heteroatoms. The number of aryl methyl sites for hydroxylation is 2. The molecule has 3 N–H and O–H groups in total. The zero-order valence-corrected chi connectivity index (χ0v) is 10.9. The molecule has 3 nitrogen and oxygen atoms in total. The first-order valence-electron chi connectivity index (χ1n) is 6.13. The van der Waals surface area contributed by atoms with Gasteiger partial charge in [-0.2, -0.15) is 0 Å². The van der Waals surface area contributed by atoms with Crippen LogP contribution in [0, 0.1) is 13.8 Å². The minimum absolute atomic E-state index is 0.119. The Balaban J connectivity index is 2.23. The number of nitrogens with two attached hydrogens (primary N) is 1. The lowest BCUT2D eigenvalue weighted by Crippen LogP contribution is -2.29. The minimum atomic E-state index is 0.119. The molecule has 0 aliphatic carbocycles. The third-order valence-electron chi connectivity index (χ3n) is 3.24. The van der Waals surface area contributed by atoms with Crippen molar-refractivity contribution in [1.82, 2.24) is 10.4 Å². The van der Waals surface area contributed by atoms with E-state index in [1.54, 1.807) is 12.4 Å². The molecule has 1 atom stereocenters. The van der Waals surface area contributed by atoms with Gasteiger partial charge in [0.1, 0.15) is 0 Å². The summed E-state index contributed by atoms with van der Waals surface area (Å²) in [4.78, 5) is 4.03. The molecule has 1 unspecified atom stereocenters. The summed E-state index contributed by atoms with van der Waals surface area (Å²) in [6.07, 6.45) is 4.47. The van der Waals surface area contributed by atoms with Gasteiger partial charge in [-0.1, -0.05) is 23.8 Å². The predicted molar refractivity (Wildman–Crippen MR) is 73.9 cm³/mol. The van der Waals surface area contributed by atoms with E-state index in [1.165, 1.54) is 16.7 Å². The zero-order valence-electron chi connectivity index (χ0n) is 10.9. The maximum absolute atomic E-state index is 5.67. The topological polar surface area (TPSA) is 50.9 Å². The van der Waals surface area contributed by atoms with Crippen LogP contribution in [0.2, 0.25) is 0 Å². The summed E-state index contributed by atoms with van der Waals surface area (Å²) in [6, 6.07) is 10.6. The van der Waals surface area contributed by atoms with Gasteiger partial charge in [0, 0.05) is 12.4 Å². The molecule has 0 saturated carbocycles. The van der Waals surface area contributed by atoms with E-state index in [0.717, 1.165) is 12.0 Å². The highest BCUT2D eigenvalue weighted by molar-refractivity contribution is 5.32. The van der Waals surface area contributed by atoms with Crippen molar-refractivity contribution in [2.24, 2.45) is 5.84 Å². The van der Waals surface area contributed by atoms with Crippen LogP contribution < -0.4 is 11.3 Å². The van der Waals surface area contributed by atoms with Gasteiger partial charge in [-0.25, -0.2) is 0 Å². The van der Waals surface area contributed by atoms with Gasteiger partial charge in [0.25, 0.3) is 0 Å². The monoisotopic (exact) mass is 241 g/mol. The normalized spacial score (nSPS) is 12.4. The molecular weight excluding hydrogens is 222 g/mol. The van der Waals surface area contributed by atoms with Crippen LogP contribution >= 0.6 is 0 Å². The summed E-state index contributed by atoms with van der Waals surface area (Å²) in [6.45, 7) is 4.25. The second-order valence-electron chi connectivity index (χ2n) is 4.63. The second-order valence-corrected chi connectivity index (χ2v) is 4.63. The summed E-state index contributed by atoms with van der Waals surface area (Å²) >= 11 is 0. The van der Waals surface area contributed by atoms with E-state index >= 15 is 0 Å². The van der Waals surface area contributed by atoms with Crippen LogP contribution in [0.15, 0.2) is 42.7 Å². The van der Waals surface area contributed by atoms with Crippen molar-refractivity contribution in [3.63, 3.8) is 0 Å². The Morgan fingerprint density at radius 3 is 2.56 bits per heavy atom. The Morgan fingerprint density at radius 1 is 1.17 bits per heavy atom. The molecule has 1 heterocycles. The van der Waals surface area contributed by atoms with Gasteiger partial charge in [0.2, 0.25) is 0 Å². The smallest absolute Gasteiger partial charge is 0.0501 e. The molecule has 18 heavy (non-hydrogen) atoms. The first kappa shape index (κ1) is 12.7. The van der Waals surface area contributed by atoms with E-state index in [9.17, 15) is 0 Å². The molecule has 0 radical (unpaired) electrons. The Labute approximate surface area is 108 Å². The number of hydrogen-bond acceptors (Lipinski definition) is 3. The summed E-state index contributed by atoms with van der Waals surface area (Å²) < 4.78 is 0. The molecule has 0 spiro atoms. The van der Waals surface area contributed by atoms with Gasteiger partial charge >= 0.3 is 0 Å². The highest BCUT2D eigenvalue weighted by Crippen LogP contribution is 2.20. The van der Waals surface area contributed by atoms with Crippen molar-refractivity contribution < 1.29 is 0 Å². The number of pyridine rings is 1. The fourth-order valence-corrected chi connectivity index (χ4v) is 2.11. The molecule has 0 amide bonds. The molecule has 94 valence electrons. The molecule has 0 fully saturated rings. The Bertz CT molecular complexity index is 508. The molecule has 1 aromatic heterocycles. The molecule has 0 bridgehead atoms. The van der Waals surface area contributed by atoms with Crippen LogP contribution in [0.5, 0.6) is 0 Å². The van der Waals surface area contributed by atoms with Crippen molar-refractivity contribution in [1.29, 1.82) is 0 Å². The maximum Gasteiger partial charge on any atom is 0.0501 e. The zero-order chi connectivity index (χ0) is 13.0. The number of nitrogens with zero attached hydrogens (tertiary/aromatic N) is 1. The molecule has 0 aliphatic heterocycles. The van der Waals surface area contributed by atoms with E-state index in [1.807, 2.05) is 12.1 Å². The Hall–Kier alpha value is -1.71. The van der Waals surface area contributed by atoms with Crippen molar-refractivity contribution in [3.05, 3.63) is 65.0 Å². The molecule has 2 aromatic rings. The van der Waals surface area contributed by atoms with Crippen molar-refractivity contribution in [2.45, 2.75) is 26.3 Å². The highest BCUT2D eigenvalue weighted by Gasteiger charge is 2.11. The fraction of sp³-hybridized carbons (Fsp3) is 0.267. The van der Waals surface area contributed by atoms with Crippen LogP contribution in [0.3, 0.4) is 0 Å². The first-order valence-corrected chi connectivity index (χ1v) is 6.13. The Kier molecular flexibility index (Phi) is 4.07. The molecular formula is C15H19N3. The lowest BCUT2D eigenvalue weighted by molar-refractivity contribution is 0.550. The van der Waals surface area contributed by atoms with Gasteiger partial charge in [0.15, 0.2) is 0 Å². The molecule has 0 aliphatic rings. The standard InChI is InChI=1S/C15H19N3/c1-11-3-4-12(2)14(9-11)10-15(18-16)13-5-7-17-8-6-13/h3-9,15,18H,10,16H2,1-2H3. The van der Waals surface area contributed by atoms with E-state index < -0.39 is 0 Å². The number of hydrazine groups is 1. The van der Waals surface area contributed by atoms with E-state index in [2.05, 4.69) is 42.5 Å². The summed E-state index contributed by atoms with van der Waals surface area (Å²) in [5.74, 6) is 5.67. The van der Waals surface area contributed by atoms with Gasteiger partial charge < -0.3 is 0 Å². The van der Waals surface area contributed by atoms with Crippen LogP contribution in [-0.4, -0.2) is 4.98 Å². The molecule has 2 rings (SSSR count). The van der Waals surface area contributed by atoms with Gasteiger partial charge in [-0.15, -0.1) is 0 Å². The summed E-state index contributed by atoms with van der Waals surface area (Å²) in [7, 11) is 0. The van der Waals surface area contributed by atoms with Gasteiger partial charge in [-0.05, 0) is 49.1 Å². The molecule has 0 saturated heterocycles. The fourth-order valence-electron chi connectivity index (χ4n) is 2.11. The highest BCUT2D eigenvalue weighted by atomic mass is 15.2. The third kappa shape index (κ3) is 2.94. The first-order chi connectivity index (χ1) is 8.70.